The van der Waals surface area contributed by atoms with E-state index in [0.29, 0.717) is 16.3 Å². The van der Waals surface area contributed by atoms with Gasteiger partial charge in [0.25, 0.3) is 0 Å². The molecule has 3 rings (SSSR count). The lowest BCUT2D eigenvalue weighted by Gasteiger charge is -2.05. The molecule has 2 aromatic carbocycles. The number of H-pyrrole nitrogens is 1. The van der Waals surface area contributed by atoms with Gasteiger partial charge in [-0.15, -0.1) is 0 Å². The Bertz CT molecular complexity index is 867. The van der Waals surface area contributed by atoms with Crippen molar-refractivity contribution in [3.8, 4) is 0 Å². The van der Waals surface area contributed by atoms with Crippen molar-refractivity contribution in [2.45, 2.75) is 0 Å². The SMILES string of the molecule is O=c1[nH]c2ccc(C(=NO)c3cccc(Cl)c3)cc2s1. The molecule has 6 heteroatoms. The summed E-state index contributed by atoms with van der Waals surface area (Å²) in [6.07, 6.45) is 0. The fourth-order valence-electron chi connectivity index (χ4n) is 2.01. The summed E-state index contributed by atoms with van der Waals surface area (Å²) < 4.78 is 0.815. The maximum absolute atomic E-state index is 11.3. The third kappa shape index (κ3) is 2.33. The maximum Gasteiger partial charge on any atom is 0.305 e. The van der Waals surface area contributed by atoms with E-state index in [-0.39, 0.29) is 4.87 Å². The minimum atomic E-state index is -0.109. The average molecular weight is 305 g/mol. The molecule has 0 aliphatic rings. The zero-order chi connectivity index (χ0) is 14.1. The zero-order valence-electron chi connectivity index (χ0n) is 10.1. The van der Waals surface area contributed by atoms with E-state index in [1.165, 1.54) is 0 Å². The van der Waals surface area contributed by atoms with Crippen molar-refractivity contribution in [1.29, 1.82) is 0 Å². The zero-order valence-corrected chi connectivity index (χ0v) is 11.7. The Hall–Kier alpha value is -2.11. The standard InChI is InChI=1S/C14H9ClN2O2S/c15-10-3-1-2-8(6-10)13(17-19)9-4-5-11-12(7-9)20-14(18)16-11/h1-7,19H,(H,16,18). The quantitative estimate of drug-likeness (QED) is 0.432. The second kappa shape index (κ2) is 5.11. The topological polar surface area (TPSA) is 65.5 Å². The highest BCUT2D eigenvalue weighted by Gasteiger charge is 2.10. The average Bonchev–Trinajstić information content (AvgIpc) is 2.79. The molecule has 0 aliphatic heterocycles. The predicted octanol–water partition coefficient (Wildman–Crippen LogP) is 3.47. The smallest absolute Gasteiger partial charge is 0.305 e. The Labute approximate surface area is 123 Å². The third-order valence-corrected chi connectivity index (χ3v) is 3.97. The number of rotatable bonds is 2. The lowest BCUT2D eigenvalue weighted by molar-refractivity contribution is 0.319. The molecule has 100 valence electrons. The molecule has 0 fully saturated rings. The molecular formula is C14H9ClN2O2S. The van der Waals surface area contributed by atoms with E-state index in [1.807, 2.05) is 12.1 Å². The normalized spacial score (nSPS) is 11.9. The largest absolute Gasteiger partial charge is 0.410 e. The molecule has 0 bridgehead atoms. The molecule has 1 aromatic heterocycles. The van der Waals surface area contributed by atoms with Gasteiger partial charge in [-0.2, -0.15) is 0 Å². The van der Waals surface area contributed by atoms with Crippen LogP contribution in [0.15, 0.2) is 52.4 Å². The van der Waals surface area contributed by atoms with Crippen molar-refractivity contribution in [2.24, 2.45) is 5.16 Å². The molecule has 0 amide bonds. The minimum Gasteiger partial charge on any atom is -0.410 e. The summed E-state index contributed by atoms with van der Waals surface area (Å²) in [6.45, 7) is 0. The van der Waals surface area contributed by atoms with Crippen molar-refractivity contribution >= 4 is 38.9 Å². The van der Waals surface area contributed by atoms with Crippen molar-refractivity contribution < 1.29 is 5.21 Å². The van der Waals surface area contributed by atoms with Crippen molar-refractivity contribution in [3.05, 3.63) is 68.3 Å². The van der Waals surface area contributed by atoms with Gasteiger partial charge in [0, 0.05) is 16.1 Å². The summed E-state index contributed by atoms with van der Waals surface area (Å²) in [6, 6.07) is 12.5. The van der Waals surface area contributed by atoms with Gasteiger partial charge in [0.1, 0.15) is 5.71 Å². The molecule has 0 unspecified atom stereocenters. The van der Waals surface area contributed by atoms with Crippen LogP contribution in [-0.2, 0) is 0 Å². The van der Waals surface area contributed by atoms with Crippen LogP contribution in [0, 0.1) is 0 Å². The Morgan fingerprint density at radius 1 is 1.20 bits per heavy atom. The Morgan fingerprint density at radius 3 is 2.75 bits per heavy atom. The Morgan fingerprint density at radius 2 is 2.00 bits per heavy atom. The van der Waals surface area contributed by atoms with Gasteiger partial charge in [0.15, 0.2) is 0 Å². The van der Waals surface area contributed by atoms with E-state index in [2.05, 4.69) is 10.1 Å². The van der Waals surface area contributed by atoms with Gasteiger partial charge in [0.2, 0.25) is 0 Å². The predicted molar refractivity (Wildman–Crippen MR) is 81.3 cm³/mol. The number of nitrogens with one attached hydrogen (secondary N) is 1. The summed E-state index contributed by atoms with van der Waals surface area (Å²) in [4.78, 5) is 13.9. The number of benzene rings is 2. The van der Waals surface area contributed by atoms with Crippen LogP contribution in [0.4, 0.5) is 0 Å². The highest BCUT2D eigenvalue weighted by Crippen LogP contribution is 2.20. The fourth-order valence-corrected chi connectivity index (χ4v) is 2.98. The highest BCUT2D eigenvalue weighted by molar-refractivity contribution is 7.16. The minimum absolute atomic E-state index is 0.109. The number of aromatic nitrogens is 1. The molecule has 3 aromatic rings. The van der Waals surface area contributed by atoms with Crippen LogP contribution in [0.2, 0.25) is 5.02 Å². The summed E-state index contributed by atoms with van der Waals surface area (Å²) in [5, 5.41) is 13.2. The van der Waals surface area contributed by atoms with E-state index in [9.17, 15) is 10.0 Å². The Kier molecular flexibility index (Phi) is 3.30. The van der Waals surface area contributed by atoms with Crippen molar-refractivity contribution in [3.63, 3.8) is 0 Å². The van der Waals surface area contributed by atoms with Gasteiger partial charge in [-0.3, -0.25) is 4.79 Å². The van der Waals surface area contributed by atoms with E-state index < -0.39 is 0 Å². The van der Waals surface area contributed by atoms with E-state index in [1.54, 1.807) is 30.3 Å². The van der Waals surface area contributed by atoms with Gasteiger partial charge in [-0.25, -0.2) is 0 Å². The fraction of sp³-hybridized carbons (Fsp3) is 0. The van der Waals surface area contributed by atoms with Crippen LogP contribution in [0.3, 0.4) is 0 Å². The monoisotopic (exact) mass is 304 g/mol. The van der Waals surface area contributed by atoms with E-state index in [4.69, 9.17) is 11.6 Å². The lowest BCUT2D eigenvalue weighted by atomic mass is 10.0. The first-order valence-electron chi connectivity index (χ1n) is 5.78. The number of hydrogen-bond acceptors (Lipinski definition) is 4. The molecule has 0 radical (unpaired) electrons. The van der Waals surface area contributed by atoms with Gasteiger partial charge in [0.05, 0.1) is 10.2 Å². The maximum atomic E-state index is 11.3. The first-order chi connectivity index (χ1) is 9.67. The Balaban J connectivity index is 2.14. The summed E-state index contributed by atoms with van der Waals surface area (Å²) in [7, 11) is 0. The number of oxime groups is 1. The molecule has 0 atom stereocenters. The molecule has 20 heavy (non-hydrogen) atoms. The number of aromatic amines is 1. The van der Waals surface area contributed by atoms with Crippen LogP contribution >= 0.6 is 22.9 Å². The van der Waals surface area contributed by atoms with E-state index >= 15 is 0 Å². The number of hydrogen-bond donors (Lipinski definition) is 2. The summed E-state index contributed by atoms with van der Waals surface area (Å²) >= 11 is 7.07. The van der Waals surface area contributed by atoms with Gasteiger partial charge >= 0.3 is 4.87 Å². The molecule has 1 heterocycles. The number of nitrogens with zero attached hydrogens (tertiary/aromatic N) is 1. The number of fused-ring (bicyclic) bond motifs is 1. The summed E-state index contributed by atoms with van der Waals surface area (Å²) in [5.41, 5.74) is 2.61. The molecule has 0 saturated heterocycles. The highest BCUT2D eigenvalue weighted by atomic mass is 35.5. The summed E-state index contributed by atoms with van der Waals surface area (Å²) in [5.74, 6) is 0. The molecule has 0 saturated carbocycles. The third-order valence-electron chi connectivity index (χ3n) is 2.89. The first-order valence-corrected chi connectivity index (χ1v) is 6.98. The lowest BCUT2D eigenvalue weighted by Crippen LogP contribution is -2.03. The van der Waals surface area contributed by atoms with Crippen LogP contribution in [-0.4, -0.2) is 15.9 Å². The molecule has 4 nitrogen and oxygen atoms in total. The van der Waals surface area contributed by atoms with Crippen LogP contribution < -0.4 is 4.87 Å². The van der Waals surface area contributed by atoms with Crippen LogP contribution in [0.25, 0.3) is 10.2 Å². The first kappa shape index (κ1) is 12.9. The van der Waals surface area contributed by atoms with Crippen LogP contribution in [0.1, 0.15) is 11.1 Å². The second-order valence-electron chi connectivity index (χ2n) is 4.18. The van der Waals surface area contributed by atoms with Crippen molar-refractivity contribution in [2.75, 3.05) is 0 Å². The molecule has 2 N–H and O–H groups in total. The molecular weight excluding hydrogens is 296 g/mol. The van der Waals surface area contributed by atoms with Crippen LogP contribution in [0.5, 0.6) is 0 Å². The second-order valence-corrected chi connectivity index (χ2v) is 5.64. The van der Waals surface area contributed by atoms with Gasteiger partial charge < -0.3 is 10.2 Å². The molecule has 0 spiro atoms. The number of thiazole rings is 1. The van der Waals surface area contributed by atoms with Gasteiger partial charge in [-0.1, -0.05) is 46.3 Å². The van der Waals surface area contributed by atoms with Gasteiger partial charge in [-0.05, 0) is 24.3 Å². The van der Waals surface area contributed by atoms with E-state index in [0.717, 1.165) is 27.1 Å². The number of halogens is 1. The molecule has 0 aliphatic carbocycles. The van der Waals surface area contributed by atoms with Crippen molar-refractivity contribution in [1.82, 2.24) is 4.98 Å².